The summed E-state index contributed by atoms with van der Waals surface area (Å²) in [5.74, 6) is -0.382. The molecule has 36 heavy (non-hydrogen) atoms. The van der Waals surface area contributed by atoms with Gasteiger partial charge in [-0.3, -0.25) is 4.79 Å². The van der Waals surface area contributed by atoms with Crippen LogP contribution in [0, 0.1) is 0 Å². The largest absolute Gasteiger partial charge is 0.478 e. The maximum Gasteiger partial charge on any atom is 0.335 e. The first-order valence-corrected chi connectivity index (χ1v) is 11.9. The number of aromatic carboxylic acids is 1. The minimum atomic E-state index is -1.04. The van der Waals surface area contributed by atoms with E-state index < -0.39 is 5.97 Å². The van der Waals surface area contributed by atoms with Crippen LogP contribution < -0.4 is 5.32 Å². The second-order valence-corrected chi connectivity index (χ2v) is 9.31. The summed E-state index contributed by atoms with van der Waals surface area (Å²) in [6.07, 6.45) is 2.32. The molecule has 1 amide bonds. The Labute approximate surface area is 211 Å². The van der Waals surface area contributed by atoms with Gasteiger partial charge in [0, 0.05) is 30.1 Å². The Balaban J connectivity index is 1.46. The number of nitrogens with zero attached hydrogens (tertiary/aromatic N) is 1. The molecule has 1 atom stereocenters. The van der Waals surface area contributed by atoms with E-state index in [1.165, 1.54) is 17.7 Å². The van der Waals surface area contributed by atoms with Gasteiger partial charge in [-0.25, -0.2) is 4.79 Å². The van der Waals surface area contributed by atoms with E-state index >= 15 is 0 Å². The fraction of sp³-hybridized carbons (Fsp3) is 0.103. The number of rotatable bonds is 5. The van der Waals surface area contributed by atoms with Crippen molar-refractivity contribution in [3.05, 3.63) is 113 Å². The van der Waals surface area contributed by atoms with E-state index in [1.54, 1.807) is 12.1 Å². The van der Waals surface area contributed by atoms with Gasteiger partial charge in [-0.2, -0.15) is 0 Å². The van der Waals surface area contributed by atoms with Gasteiger partial charge in [-0.05, 0) is 53.6 Å². The third-order valence-corrected chi connectivity index (χ3v) is 6.95. The number of anilines is 1. The molecule has 0 bridgehead atoms. The van der Waals surface area contributed by atoms with Crippen LogP contribution >= 0.6 is 11.6 Å². The Bertz CT molecular complexity index is 1630. The Morgan fingerprint density at radius 1 is 1.06 bits per heavy atom. The summed E-state index contributed by atoms with van der Waals surface area (Å²) >= 11 is 6.37. The van der Waals surface area contributed by atoms with Crippen LogP contribution in [0.3, 0.4) is 0 Å². The lowest BCUT2D eigenvalue weighted by Gasteiger charge is -2.11. The molecular weight excluding hydrogens is 476 g/mol. The van der Waals surface area contributed by atoms with Crippen LogP contribution in [-0.4, -0.2) is 21.6 Å². The summed E-state index contributed by atoms with van der Waals surface area (Å²) in [4.78, 5) is 24.3. The second-order valence-electron chi connectivity index (χ2n) is 8.90. The third-order valence-electron chi connectivity index (χ3n) is 6.62. The number of aromatic nitrogens is 1. The molecule has 7 heteroatoms. The summed E-state index contributed by atoms with van der Waals surface area (Å²) < 4.78 is 8.44. The average molecular weight is 497 g/mol. The second kappa shape index (κ2) is 8.73. The predicted molar refractivity (Wildman–Crippen MR) is 139 cm³/mol. The van der Waals surface area contributed by atoms with Gasteiger partial charge in [0.25, 0.3) is 0 Å². The number of carboxylic acid groups (broad SMARTS) is 1. The van der Waals surface area contributed by atoms with Crippen LogP contribution in [0.15, 0.2) is 89.5 Å². The number of halogens is 1. The molecular formula is C29H21ClN2O4. The molecule has 0 aliphatic carbocycles. The number of hydrogen-bond acceptors (Lipinski definition) is 3. The number of nitrogens with one attached hydrogen (secondary N) is 1. The van der Waals surface area contributed by atoms with Crippen LogP contribution in [0.4, 0.5) is 5.69 Å². The van der Waals surface area contributed by atoms with E-state index in [0.717, 1.165) is 22.2 Å². The van der Waals surface area contributed by atoms with E-state index in [9.17, 15) is 14.7 Å². The molecule has 0 unspecified atom stereocenters. The van der Waals surface area contributed by atoms with Gasteiger partial charge >= 0.3 is 5.97 Å². The van der Waals surface area contributed by atoms with Crippen LogP contribution in [0.2, 0.25) is 5.02 Å². The van der Waals surface area contributed by atoms with E-state index in [4.69, 9.17) is 16.0 Å². The van der Waals surface area contributed by atoms with Crippen molar-refractivity contribution in [3.63, 3.8) is 0 Å². The Hall–Kier alpha value is -4.29. The number of carbonyl (C=O) groups is 2. The van der Waals surface area contributed by atoms with Crippen LogP contribution in [0.1, 0.15) is 39.6 Å². The molecule has 6 nitrogen and oxygen atoms in total. The van der Waals surface area contributed by atoms with Gasteiger partial charge in [-0.15, -0.1) is 0 Å². The van der Waals surface area contributed by atoms with Crippen molar-refractivity contribution < 1.29 is 19.1 Å². The Morgan fingerprint density at radius 3 is 2.69 bits per heavy atom. The lowest BCUT2D eigenvalue weighted by atomic mass is 9.93. The quantitative estimate of drug-likeness (QED) is 0.281. The van der Waals surface area contributed by atoms with Gasteiger partial charge in [0.05, 0.1) is 27.7 Å². The van der Waals surface area contributed by atoms with Crippen molar-refractivity contribution in [1.82, 2.24) is 4.57 Å². The lowest BCUT2D eigenvalue weighted by Crippen LogP contribution is -2.13. The van der Waals surface area contributed by atoms with Crippen molar-refractivity contribution in [2.75, 3.05) is 5.32 Å². The monoisotopic (exact) mass is 496 g/mol. The number of amides is 1. The molecule has 0 fully saturated rings. The van der Waals surface area contributed by atoms with Gasteiger partial charge in [0.2, 0.25) is 5.91 Å². The maximum atomic E-state index is 12.9. The zero-order valence-electron chi connectivity index (χ0n) is 19.1. The van der Waals surface area contributed by atoms with Crippen molar-refractivity contribution in [3.8, 4) is 11.3 Å². The summed E-state index contributed by atoms with van der Waals surface area (Å²) in [5, 5.41) is 13.8. The fourth-order valence-corrected chi connectivity index (χ4v) is 5.16. The number of benzene rings is 3. The van der Waals surface area contributed by atoms with Crippen molar-refractivity contribution in [1.29, 1.82) is 0 Å². The predicted octanol–water partition coefficient (Wildman–Crippen LogP) is 6.78. The molecule has 2 N–H and O–H groups in total. The maximum absolute atomic E-state index is 12.9. The molecule has 6 rings (SSSR count). The molecule has 2 aromatic heterocycles. The Kier molecular flexibility index (Phi) is 5.38. The van der Waals surface area contributed by atoms with Gasteiger partial charge < -0.3 is 19.4 Å². The summed E-state index contributed by atoms with van der Waals surface area (Å²) in [6.45, 7) is 0.697. The number of furan rings is 1. The first-order chi connectivity index (χ1) is 17.5. The average Bonchev–Trinajstić information content (AvgIpc) is 3.46. The number of hydrogen-bond donors (Lipinski definition) is 2. The molecule has 178 valence electrons. The standard InChI is InChI=1S/C29H21ClN2O4/c30-22-10-9-18(29(34)35)13-20(22)26-12-11-25(36-26)19-14-27(33)31-23-7-4-8-24-28(23)21(19)16-32(24)15-17-5-2-1-3-6-17/h1-13,16,19H,14-15H2,(H,31,33)(H,34,35)/t19-/m0/s1. The number of carboxylic acids is 1. The highest BCUT2D eigenvalue weighted by molar-refractivity contribution is 6.33. The molecule has 5 aromatic rings. The van der Waals surface area contributed by atoms with Gasteiger partial charge in [0.15, 0.2) is 0 Å². The summed E-state index contributed by atoms with van der Waals surface area (Å²) in [7, 11) is 0. The zero-order valence-corrected chi connectivity index (χ0v) is 19.8. The van der Waals surface area contributed by atoms with Crippen LogP contribution in [0.25, 0.3) is 22.2 Å². The van der Waals surface area contributed by atoms with Crippen molar-refractivity contribution in [2.45, 2.75) is 18.9 Å². The van der Waals surface area contributed by atoms with Crippen LogP contribution in [0.5, 0.6) is 0 Å². The summed E-state index contributed by atoms with van der Waals surface area (Å²) in [6, 6.07) is 24.3. The van der Waals surface area contributed by atoms with Gasteiger partial charge in [0.1, 0.15) is 11.5 Å². The molecule has 1 aliphatic heterocycles. The lowest BCUT2D eigenvalue weighted by molar-refractivity contribution is -0.116. The van der Waals surface area contributed by atoms with E-state index in [2.05, 4.69) is 34.3 Å². The Morgan fingerprint density at radius 2 is 1.89 bits per heavy atom. The molecule has 0 saturated carbocycles. The fourth-order valence-electron chi connectivity index (χ4n) is 4.95. The van der Waals surface area contributed by atoms with Gasteiger partial charge in [-0.1, -0.05) is 48.0 Å². The number of carbonyl (C=O) groups excluding carboxylic acids is 1. The minimum absolute atomic E-state index is 0.0952. The normalized spacial score (nSPS) is 15.0. The van der Waals surface area contributed by atoms with Crippen molar-refractivity contribution in [2.24, 2.45) is 0 Å². The highest BCUT2D eigenvalue weighted by Crippen LogP contribution is 2.42. The zero-order chi connectivity index (χ0) is 24.8. The minimum Gasteiger partial charge on any atom is -0.478 e. The highest BCUT2D eigenvalue weighted by atomic mass is 35.5. The molecule has 0 radical (unpaired) electrons. The highest BCUT2D eigenvalue weighted by Gasteiger charge is 2.30. The first-order valence-electron chi connectivity index (χ1n) is 11.6. The molecule has 3 heterocycles. The SMILES string of the molecule is O=C1C[C@H](c2ccc(-c3cc(C(=O)O)ccc3Cl)o2)c2cn(Cc3ccccc3)c3cccc(c23)N1. The first kappa shape index (κ1) is 22.2. The molecule has 1 aliphatic rings. The van der Waals surface area contributed by atoms with E-state index in [1.807, 2.05) is 36.4 Å². The molecule has 3 aromatic carbocycles. The topological polar surface area (TPSA) is 84.5 Å². The molecule has 0 spiro atoms. The van der Waals surface area contributed by atoms with E-state index in [0.29, 0.717) is 28.7 Å². The van der Waals surface area contributed by atoms with Crippen LogP contribution in [-0.2, 0) is 11.3 Å². The smallest absolute Gasteiger partial charge is 0.335 e. The molecule has 0 saturated heterocycles. The van der Waals surface area contributed by atoms with Crippen molar-refractivity contribution >= 4 is 40.1 Å². The third kappa shape index (κ3) is 3.85. The van der Waals surface area contributed by atoms with E-state index in [-0.39, 0.29) is 23.8 Å². The summed E-state index contributed by atoms with van der Waals surface area (Å²) in [5.41, 5.74) is 4.61.